The van der Waals surface area contributed by atoms with E-state index in [9.17, 15) is 4.79 Å². The minimum Gasteiger partial charge on any atom is -0.485 e. The van der Waals surface area contributed by atoms with Gasteiger partial charge >= 0.3 is 0 Å². The van der Waals surface area contributed by atoms with E-state index in [4.69, 9.17) is 9.47 Å². The zero-order chi connectivity index (χ0) is 21.8. The minimum atomic E-state index is -0.732. The molecule has 164 valence electrons. The Kier molecular flexibility index (Phi) is 5.85. The summed E-state index contributed by atoms with van der Waals surface area (Å²) in [6.07, 6.45) is 0.749. The topological polar surface area (TPSA) is 79.8 Å². The fourth-order valence-electron chi connectivity index (χ4n) is 3.92. The van der Waals surface area contributed by atoms with Gasteiger partial charge in [-0.2, -0.15) is 0 Å². The number of aromatic nitrogens is 2. The van der Waals surface area contributed by atoms with Crippen molar-refractivity contribution >= 4 is 17.5 Å². The Morgan fingerprint density at radius 3 is 2.53 bits per heavy atom. The summed E-state index contributed by atoms with van der Waals surface area (Å²) in [4.78, 5) is 26.0. The van der Waals surface area contributed by atoms with Gasteiger partial charge in [-0.15, -0.1) is 0 Å². The Morgan fingerprint density at radius 1 is 0.969 bits per heavy atom. The van der Waals surface area contributed by atoms with Crippen LogP contribution in [-0.4, -0.2) is 59.7 Å². The molecule has 3 aromatic rings. The van der Waals surface area contributed by atoms with Gasteiger partial charge in [-0.25, -0.2) is 9.97 Å². The molecule has 1 N–H and O–H groups in total. The number of benzene rings is 2. The van der Waals surface area contributed by atoms with Gasteiger partial charge in [-0.05, 0) is 17.7 Å². The van der Waals surface area contributed by atoms with Gasteiger partial charge < -0.3 is 19.7 Å². The van der Waals surface area contributed by atoms with Crippen molar-refractivity contribution in [3.8, 4) is 11.5 Å². The maximum absolute atomic E-state index is 12.7. The van der Waals surface area contributed by atoms with E-state index in [2.05, 4.69) is 49.4 Å². The van der Waals surface area contributed by atoms with Crippen molar-refractivity contribution in [2.24, 2.45) is 0 Å². The molecule has 0 aliphatic carbocycles. The smallest absolute Gasteiger partial charge is 0.270 e. The van der Waals surface area contributed by atoms with E-state index in [1.165, 1.54) is 11.9 Å². The molecule has 0 saturated carbocycles. The molecular weight excluding hydrogens is 406 g/mol. The third-order valence-electron chi connectivity index (χ3n) is 5.65. The first kappa shape index (κ1) is 20.3. The van der Waals surface area contributed by atoms with Crippen LogP contribution in [0.5, 0.6) is 11.5 Å². The summed E-state index contributed by atoms with van der Waals surface area (Å²) < 4.78 is 11.4. The fraction of sp³-hybridized carbons (Fsp3) is 0.292. The van der Waals surface area contributed by atoms with E-state index in [0.29, 0.717) is 17.3 Å². The van der Waals surface area contributed by atoms with Gasteiger partial charge in [0.1, 0.15) is 24.6 Å². The van der Waals surface area contributed by atoms with Crippen molar-refractivity contribution in [2.75, 3.05) is 43.0 Å². The SMILES string of the molecule is O=C(Nc1cc(N2CCN(Cc3ccccc3)CC2)ncn1)C1COc2ccccc2O1. The Balaban J connectivity index is 1.17. The standard InChI is InChI=1S/C24H25N5O3/c30-24(21-16-31-19-8-4-5-9-20(19)32-21)27-22-14-23(26-17-25-22)29-12-10-28(11-13-29)15-18-6-2-1-3-7-18/h1-9,14,17,21H,10-13,15-16H2,(H,25,26,27,30). The Labute approximate surface area is 186 Å². The van der Waals surface area contributed by atoms with E-state index < -0.39 is 6.10 Å². The Morgan fingerprint density at radius 2 is 1.72 bits per heavy atom. The summed E-state index contributed by atoms with van der Waals surface area (Å²) in [6.45, 7) is 4.75. The first-order valence-corrected chi connectivity index (χ1v) is 10.8. The molecule has 2 aromatic carbocycles. The molecule has 1 fully saturated rings. The second-order valence-electron chi connectivity index (χ2n) is 7.86. The van der Waals surface area contributed by atoms with Crippen LogP contribution >= 0.6 is 0 Å². The number of nitrogens with one attached hydrogen (secondary N) is 1. The van der Waals surface area contributed by atoms with Gasteiger partial charge in [-0.1, -0.05) is 42.5 Å². The van der Waals surface area contributed by atoms with E-state index >= 15 is 0 Å². The number of rotatable bonds is 5. The lowest BCUT2D eigenvalue weighted by molar-refractivity contribution is -0.125. The Bertz CT molecular complexity index is 1070. The summed E-state index contributed by atoms with van der Waals surface area (Å²) in [7, 11) is 0. The molecule has 3 heterocycles. The molecule has 8 heteroatoms. The minimum absolute atomic E-state index is 0.157. The van der Waals surface area contributed by atoms with Gasteiger partial charge in [0.15, 0.2) is 11.5 Å². The van der Waals surface area contributed by atoms with Crippen LogP contribution in [0.2, 0.25) is 0 Å². The van der Waals surface area contributed by atoms with Crippen molar-refractivity contribution in [1.82, 2.24) is 14.9 Å². The molecule has 2 aliphatic rings. The number of carbonyl (C=O) groups excluding carboxylic acids is 1. The molecule has 1 atom stereocenters. The van der Waals surface area contributed by atoms with E-state index in [1.807, 2.05) is 30.3 Å². The van der Waals surface area contributed by atoms with Crippen LogP contribution in [0.25, 0.3) is 0 Å². The maximum Gasteiger partial charge on any atom is 0.270 e. The number of anilines is 2. The maximum atomic E-state index is 12.7. The van der Waals surface area contributed by atoms with Crippen molar-refractivity contribution in [2.45, 2.75) is 12.6 Å². The summed E-state index contributed by atoms with van der Waals surface area (Å²) in [6, 6.07) is 19.6. The number of para-hydroxylation sites is 2. The number of ether oxygens (including phenoxy) is 2. The highest BCUT2D eigenvalue weighted by molar-refractivity contribution is 5.94. The number of piperazine rings is 1. The highest BCUT2D eigenvalue weighted by Gasteiger charge is 2.28. The fourth-order valence-corrected chi connectivity index (χ4v) is 3.92. The molecule has 1 amide bonds. The average Bonchev–Trinajstić information content (AvgIpc) is 2.85. The highest BCUT2D eigenvalue weighted by atomic mass is 16.6. The van der Waals surface area contributed by atoms with Crippen LogP contribution in [-0.2, 0) is 11.3 Å². The molecule has 8 nitrogen and oxygen atoms in total. The van der Waals surface area contributed by atoms with Crippen molar-refractivity contribution in [3.05, 3.63) is 72.6 Å². The molecule has 0 bridgehead atoms. The van der Waals surface area contributed by atoms with Gasteiger partial charge in [0.25, 0.3) is 5.91 Å². The lowest BCUT2D eigenvalue weighted by Gasteiger charge is -2.35. The third kappa shape index (κ3) is 4.65. The zero-order valence-electron chi connectivity index (χ0n) is 17.7. The first-order chi connectivity index (χ1) is 15.7. The molecule has 1 aromatic heterocycles. The van der Waals surface area contributed by atoms with Crippen LogP contribution in [0.1, 0.15) is 5.56 Å². The summed E-state index contributed by atoms with van der Waals surface area (Å²) in [5.74, 6) is 2.18. The van der Waals surface area contributed by atoms with Crippen molar-refractivity contribution in [3.63, 3.8) is 0 Å². The van der Waals surface area contributed by atoms with E-state index in [1.54, 1.807) is 6.07 Å². The monoisotopic (exact) mass is 431 g/mol. The van der Waals surface area contributed by atoms with Gasteiger partial charge in [0, 0.05) is 38.8 Å². The average molecular weight is 431 g/mol. The van der Waals surface area contributed by atoms with Crippen LogP contribution in [0.3, 0.4) is 0 Å². The lowest BCUT2D eigenvalue weighted by atomic mass is 10.2. The van der Waals surface area contributed by atoms with Crippen molar-refractivity contribution < 1.29 is 14.3 Å². The first-order valence-electron chi connectivity index (χ1n) is 10.8. The third-order valence-corrected chi connectivity index (χ3v) is 5.65. The largest absolute Gasteiger partial charge is 0.485 e. The summed E-state index contributed by atoms with van der Waals surface area (Å²) in [5.41, 5.74) is 1.32. The van der Waals surface area contributed by atoms with E-state index in [0.717, 1.165) is 38.5 Å². The molecule has 2 aliphatic heterocycles. The lowest BCUT2D eigenvalue weighted by Crippen LogP contribution is -2.46. The molecule has 5 rings (SSSR count). The number of carbonyl (C=O) groups is 1. The summed E-state index contributed by atoms with van der Waals surface area (Å²) in [5, 5.41) is 2.83. The van der Waals surface area contributed by atoms with Crippen molar-refractivity contribution in [1.29, 1.82) is 0 Å². The van der Waals surface area contributed by atoms with Gasteiger partial charge in [0.05, 0.1) is 0 Å². The Hall–Kier alpha value is -3.65. The number of amides is 1. The quantitative estimate of drug-likeness (QED) is 0.665. The molecular formula is C24H25N5O3. The number of nitrogens with zero attached hydrogens (tertiary/aromatic N) is 4. The second-order valence-corrected chi connectivity index (χ2v) is 7.86. The molecule has 1 saturated heterocycles. The van der Waals surface area contributed by atoms with E-state index in [-0.39, 0.29) is 12.5 Å². The van der Waals surface area contributed by atoms with Crippen LogP contribution in [0.4, 0.5) is 11.6 Å². The summed E-state index contributed by atoms with van der Waals surface area (Å²) >= 11 is 0. The predicted octanol–water partition coefficient (Wildman–Crippen LogP) is 2.58. The highest BCUT2D eigenvalue weighted by Crippen LogP contribution is 2.31. The number of hydrogen-bond acceptors (Lipinski definition) is 7. The van der Waals surface area contributed by atoms with Crippen LogP contribution in [0, 0.1) is 0 Å². The second kappa shape index (κ2) is 9.23. The molecule has 0 radical (unpaired) electrons. The number of hydrogen-bond donors (Lipinski definition) is 1. The predicted molar refractivity (Wildman–Crippen MR) is 121 cm³/mol. The van der Waals surface area contributed by atoms with Gasteiger partial charge in [-0.3, -0.25) is 9.69 Å². The van der Waals surface area contributed by atoms with Gasteiger partial charge in [0.2, 0.25) is 6.10 Å². The zero-order valence-corrected chi connectivity index (χ0v) is 17.7. The number of fused-ring (bicyclic) bond motifs is 1. The normalized spacial score (nSPS) is 18.2. The van der Waals surface area contributed by atoms with Crippen LogP contribution in [0.15, 0.2) is 67.0 Å². The molecule has 0 spiro atoms. The molecule has 1 unspecified atom stereocenters. The van der Waals surface area contributed by atoms with Crippen LogP contribution < -0.4 is 19.7 Å². The molecule has 32 heavy (non-hydrogen) atoms.